The van der Waals surface area contributed by atoms with E-state index in [0.717, 1.165) is 44.4 Å². The molecule has 32 heavy (non-hydrogen) atoms. The van der Waals surface area contributed by atoms with Crippen LogP contribution < -0.4 is 19.0 Å². The SMILES string of the molecule is COc1ccc(-c2csc(=NCc3ccccc3)n2N=Cc2ccc3c(c2)OCO3)cc1. The van der Waals surface area contributed by atoms with Crippen molar-refractivity contribution in [2.45, 2.75) is 6.54 Å². The molecule has 0 bridgehead atoms. The molecule has 160 valence electrons. The number of methoxy groups -OCH3 is 1. The Hall–Kier alpha value is -3.84. The minimum atomic E-state index is 0.249. The largest absolute Gasteiger partial charge is 0.497 e. The summed E-state index contributed by atoms with van der Waals surface area (Å²) in [6.07, 6.45) is 1.81. The number of nitrogens with zero attached hydrogens (tertiary/aromatic N) is 3. The third-order valence-electron chi connectivity index (χ3n) is 5.03. The maximum absolute atomic E-state index is 5.48. The number of hydrogen-bond donors (Lipinski definition) is 0. The summed E-state index contributed by atoms with van der Waals surface area (Å²) in [7, 11) is 1.66. The van der Waals surface area contributed by atoms with Gasteiger partial charge in [0.15, 0.2) is 11.5 Å². The van der Waals surface area contributed by atoms with E-state index < -0.39 is 0 Å². The molecule has 0 unspecified atom stereocenters. The molecule has 6 nitrogen and oxygen atoms in total. The first-order chi connectivity index (χ1) is 15.8. The molecular weight excluding hydrogens is 422 g/mol. The Morgan fingerprint density at radius 1 is 1.00 bits per heavy atom. The van der Waals surface area contributed by atoms with Gasteiger partial charge >= 0.3 is 0 Å². The molecule has 0 amide bonds. The quantitative estimate of drug-likeness (QED) is 0.397. The summed E-state index contributed by atoms with van der Waals surface area (Å²) in [5, 5.41) is 6.85. The van der Waals surface area contributed by atoms with Crippen molar-refractivity contribution in [3.63, 3.8) is 0 Å². The third-order valence-corrected chi connectivity index (χ3v) is 5.88. The molecule has 1 aliphatic rings. The Kier molecular flexibility index (Phi) is 5.72. The monoisotopic (exact) mass is 443 g/mol. The average molecular weight is 444 g/mol. The maximum Gasteiger partial charge on any atom is 0.231 e. The van der Waals surface area contributed by atoms with Crippen molar-refractivity contribution in [2.24, 2.45) is 10.1 Å². The van der Waals surface area contributed by atoms with Crippen molar-refractivity contribution in [3.8, 4) is 28.5 Å². The molecule has 0 N–H and O–H groups in total. The molecule has 0 fully saturated rings. The lowest BCUT2D eigenvalue weighted by Crippen LogP contribution is -2.12. The Morgan fingerprint density at radius 2 is 1.81 bits per heavy atom. The van der Waals surface area contributed by atoms with Gasteiger partial charge in [0.05, 0.1) is 25.6 Å². The predicted molar refractivity (Wildman–Crippen MR) is 126 cm³/mol. The molecule has 0 spiro atoms. The summed E-state index contributed by atoms with van der Waals surface area (Å²) in [5.74, 6) is 2.30. The first-order valence-corrected chi connectivity index (χ1v) is 11.0. The van der Waals surface area contributed by atoms with E-state index in [1.807, 2.05) is 71.6 Å². The number of aromatic nitrogens is 1. The lowest BCUT2D eigenvalue weighted by molar-refractivity contribution is 0.174. The van der Waals surface area contributed by atoms with E-state index in [0.29, 0.717) is 6.54 Å². The van der Waals surface area contributed by atoms with Crippen molar-refractivity contribution >= 4 is 17.6 Å². The van der Waals surface area contributed by atoms with E-state index in [9.17, 15) is 0 Å². The molecular formula is C25H21N3O3S. The molecule has 5 rings (SSSR count). The number of benzene rings is 3. The highest BCUT2D eigenvalue weighted by Crippen LogP contribution is 2.32. The number of ether oxygens (including phenoxy) is 3. The minimum absolute atomic E-state index is 0.249. The summed E-state index contributed by atoms with van der Waals surface area (Å²) >= 11 is 1.56. The first-order valence-electron chi connectivity index (χ1n) is 10.1. The van der Waals surface area contributed by atoms with Gasteiger partial charge in [-0.05, 0) is 53.6 Å². The van der Waals surface area contributed by atoms with Crippen LogP contribution in [-0.2, 0) is 6.54 Å². The Balaban J connectivity index is 1.53. The summed E-state index contributed by atoms with van der Waals surface area (Å²) in [6.45, 7) is 0.836. The van der Waals surface area contributed by atoms with Gasteiger partial charge in [-0.15, -0.1) is 11.3 Å². The fourth-order valence-electron chi connectivity index (χ4n) is 3.34. The molecule has 1 aliphatic heterocycles. The lowest BCUT2D eigenvalue weighted by atomic mass is 10.2. The highest BCUT2D eigenvalue weighted by Gasteiger charge is 2.13. The Bertz CT molecular complexity index is 1310. The van der Waals surface area contributed by atoms with E-state index in [4.69, 9.17) is 24.3 Å². The molecule has 4 aromatic rings. The molecule has 0 radical (unpaired) electrons. The molecule has 0 saturated carbocycles. The Morgan fingerprint density at radius 3 is 2.62 bits per heavy atom. The second kappa shape index (κ2) is 9.11. The van der Waals surface area contributed by atoms with Crippen molar-refractivity contribution in [2.75, 3.05) is 13.9 Å². The predicted octanol–water partition coefficient (Wildman–Crippen LogP) is 4.94. The molecule has 0 saturated heterocycles. The number of fused-ring (bicyclic) bond motifs is 1. The van der Waals surface area contributed by atoms with Crippen LogP contribution in [-0.4, -0.2) is 24.8 Å². The van der Waals surface area contributed by atoms with Gasteiger partial charge in [-0.1, -0.05) is 30.3 Å². The van der Waals surface area contributed by atoms with Crippen LogP contribution in [0.2, 0.25) is 0 Å². The number of rotatable bonds is 6. The molecule has 2 heterocycles. The van der Waals surface area contributed by atoms with Crippen LogP contribution >= 0.6 is 11.3 Å². The van der Waals surface area contributed by atoms with Gasteiger partial charge in [0.25, 0.3) is 0 Å². The number of hydrogen-bond acceptors (Lipinski definition) is 6. The van der Waals surface area contributed by atoms with Crippen LogP contribution in [0.3, 0.4) is 0 Å². The maximum atomic E-state index is 5.48. The smallest absolute Gasteiger partial charge is 0.231 e. The topological polar surface area (TPSA) is 57.3 Å². The van der Waals surface area contributed by atoms with E-state index in [-0.39, 0.29) is 6.79 Å². The highest BCUT2D eigenvalue weighted by molar-refractivity contribution is 7.07. The zero-order valence-corrected chi connectivity index (χ0v) is 18.3. The zero-order chi connectivity index (χ0) is 21.8. The van der Waals surface area contributed by atoms with Crippen LogP contribution in [0.25, 0.3) is 11.3 Å². The van der Waals surface area contributed by atoms with E-state index >= 15 is 0 Å². The molecule has 0 atom stereocenters. The Labute approximate surface area is 189 Å². The van der Waals surface area contributed by atoms with Crippen molar-refractivity contribution in [1.29, 1.82) is 0 Å². The van der Waals surface area contributed by atoms with Gasteiger partial charge in [0.1, 0.15) is 5.75 Å². The number of thiazole rings is 1. The van der Waals surface area contributed by atoms with Crippen LogP contribution in [0.5, 0.6) is 17.2 Å². The molecule has 7 heteroatoms. The third kappa shape index (κ3) is 4.29. The van der Waals surface area contributed by atoms with Crippen molar-refractivity contribution in [3.05, 3.63) is 94.1 Å². The highest BCUT2D eigenvalue weighted by atomic mass is 32.1. The van der Waals surface area contributed by atoms with Gasteiger partial charge in [0.2, 0.25) is 11.6 Å². The fraction of sp³-hybridized carbons (Fsp3) is 0.120. The average Bonchev–Trinajstić information content (AvgIpc) is 3.48. The van der Waals surface area contributed by atoms with E-state index in [1.165, 1.54) is 0 Å². The molecule has 1 aromatic heterocycles. The molecule has 3 aromatic carbocycles. The van der Waals surface area contributed by atoms with Gasteiger partial charge in [-0.25, -0.2) is 4.68 Å². The van der Waals surface area contributed by atoms with Gasteiger partial charge in [0, 0.05) is 10.9 Å². The van der Waals surface area contributed by atoms with Gasteiger partial charge < -0.3 is 14.2 Å². The van der Waals surface area contributed by atoms with Crippen LogP contribution in [0, 0.1) is 0 Å². The van der Waals surface area contributed by atoms with Crippen molar-refractivity contribution < 1.29 is 14.2 Å². The summed E-state index contributed by atoms with van der Waals surface area (Å²) in [4.78, 5) is 5.64. The minimum Gasteiger partial charge on any atom is -0.497 e. The van der Waals surface area contributed by atoms with Crippen LogP contribution in [0.15, 0.2) is 88.3 Å². The summed E-state index contributed by atoms with van der Waals surface area (Å²) in [6, 6.07) is 23.9. The van der Waals surface area contributed by atoms with Crippen LogP contribution in [0.1, 0.15) is 11.1 Å². The second-order valence-corrected chi connectivity index (χ2v) is 7.94. The van der Waals surface area contributed by atoms with Crippen molar-refractivity contribution in [1.82, 2.24) is 4.68 Å². The standard InChI is InChI=1S/C25H21N3O3S/c1-29-21-10-8-20(9-11-21)22-16-32-25(26-14-18-5-3-2-4-6-18)28(22)27-15-19-7-12-23-24(13-19)31-17-30-23/h2-13,15-16H,14,17H2,1H3. The molecule has 0 aliphatic carbocycles. The second-order valence-electron chi connectivity index (χ2n) is 7.10. The van der Waals surface area contributed by atoms with E-state index in [1.54, 1.807) is 18.4 Å². The normalized spacial score (nSPS) is 13.1. The zero-order valence-electron chi connectivity index (χ0n) is 17.5. The van der Waals surface area contributed by atoms with Gasteiger partial charge in [-0.3, -0.25) is 4.99 Å². The van der Waals surface area contributed by atoms with E-state index in [2.05, 4.69) is 17.5 Å². The summed E-state index contributed by atoms with van der Waals surface area (Å²) < 4.78 is 18.1. The van der Waals surface area contributed by atoms with Crippen LogP contribution in [0.4, 0.5) is 0 Å². The fourth-order valence-corrected chi connectivity index (χ4v) is 4.18. The lowest BCUT2D eigenvalue weighted by Gasteiger charge is -2.05. The summed E-state index contributed by atoms with van der Waals surface area (Å²) in [5.41, 5.74) is 4.06. The van der Waals surface area contributed by atoms with Gasteiger partial charge in [-0.2, -0.15) is 5.10 Å². The first kappa shape index (κ1) is 20.1.